The molecule has 0 aliphatic carbocycles. The fourth-order valence-electron chi connectivity index (χ4n) is 2.58. The first-order chi connectivity index (χ1) is 10.2. The van der Waals surface area contributed by atoms with Crippen molar-refractivity contribution >= 4 is 44.4 Å². The highest BCUT2D eigenvalue weighted by Crippen LogP contribution is 2.34. The van der Waals surface area contributed by atoms with Gasteiger partial charge in [-0.05, 0) is 18.4 Å². The molecule has 1 aromatic heterocycles. The molecule has 1 aromatic carbocycles. The van der Waals surface area contributed by atoms with Gasteiger partial charge in [0.15, 0.2) is 5.13 Å². The van der Waals surface area contributed by atoms with Crippen LogP contribution in [0, 0.1) is 0 Å². The number of anilines is 1. The Morgan fingerprint density at radius 3 is 2.76 bits per heavy atom. The van der Waals surface area contributed by atoms with Crippen LogP contribution < -0.4 is 4.90 Å². The van der Waals surface area contributed by atoms with E-state index in [-0.39, 0.29) is 5.91 Å². The fraction of sp³-hybridized carbons (Fsp3) is 0.467. The number of carbonyl (C=O) groups is 1. The number of thioether (sulfide) groups is 1. The summed E-state index contributed by atoms with van der Waals surface area (Å²) in [7, 11) is 0. The quantitative estimate of drug-likeness (QED) is 0.814. The second kappa shape index (κ2) is 6.23. The van der Waals surface area contributed by atoms with E-state index < -0.39 is 0 Å². The molecule has 1 fully saturated rings. The molecule has 1 amide bonds. The Labute approximate surface area is 133 Å². The molecular formula is C15H19N3OS2. The van der Waals surface area contributed by atoms with Gasteiger partial charge in [0.1, 0.15) is 0 Å². The zero-order chi connectivity index (χ0) is 14.8. The van der Waals surface area contributed by atoms with Crippen molar-refractivity contribution < 1.29 is 4.79 Å². The second-order valence-corrected chi connectivity index (χ2v) is 6.88. The van der Waals surface area contributed by atoms with Gasteiger partial charge >= 0.3 is 0 Å². The van der Waals surface area contributed by atoms with Crippen LogP contribution in [-0.4, -0.2) is 48.2 Å². The van der Waals surface area contributed by atoms with Crippen molar-refractivity contribution in [1.29, 1.82) is 0 Å². The van der Waals surface area contributed by atoms with Gasteiger partial charge in [0, 0.05) is 37.5 Å². The maximum Gasteiger partial charge on any atom is 0.222 e. The SMILES string of the molecule is CCC(=O)N1CCN(c2nc3c(SC)cccc3s2)CC1. The third-order valence-corrected chi connectivity index (χ3v) is 5.65. The van der Waals surface area contributed by atoms with E-state index in [1.807, 2.05) is 11.8 Å². The predicted octanol–water partition coefficient (Wildman–Crippen LogP) is 3.08. The van der Waals surface area contributed by atoms with Crippen LogP contribution in [-0.2, 0) is 4.79 Å². The van der Waals surface area contributed by atoms with Gasteiger partial charge in [-0.15, -0.1) is 11.8 Å². The monoisotopic (exact) mass is 321 g/mol. The number of fused-ring (bicyclic) bond motifs is 1. The number of thiazole rings is 1. The average Bonchev–Trinajstić information content (AvgIpc) is 2.98. The first-order valence-electron chi connectivity index (χ1n) is 7.19. The van der Waals surface area contributed by atoms with Crippen LogP contribution in [0.2, 0.25) is 0 Å². The summed E-state index contributed by atoms with van der Waals surface area (Å²) in [5.74, 6) is 0.253. The zero-order valence-corrected chi connectivity index (χ0v) is 14.0. The lowest BCUT2D eigenvalue weighted by atomic mass is 10.3. The van der Waals surface area contributed by atoms with Crippen LogP contribution >= 0.6 is 23.1 Å². The summed E-state index contributed by atoms with van der Waals surface area (Å²) in [6.07, 6.45) is 2.68. The molecule has 0 radical (unpaired) electrons. The smallest absolute Gasteiger partial charge is 0.222 e. The molecule has 0 atom stereocenters. The van der Waals surface area contributed by atoms with Gasteiger partial charge in [-0.2, -0.15) is 0 Å². The van der Waals surface area contributed by atoms with Crippen molar-refractivity contribution in [3.05, 3.63) is 18.2 Å². The number of hydrogen-bond acceptors (Lipinski definition) is 5. The Hall–Kier alpha value is -1.27. The summed E-state index contributed by atoms with van der Waals surface area (Å²) in [4.78, 5) is 22.0. The van der Waals surface area contributed by atoms with Gasteiger partial charge in [-0.3, -0.25) is 4.79 Å². The molecule has 0 N–H and O–H groups in total. The van der Waals surface area contributed by atoms with E-state index in [1.165, 1.54) is 9.60 Å². The number of carbonyl (C=O) groups excluding carboxylic acids is 1. The third-order valence-electron chi connectivity index (χ3n) is 3.80. The standard InChI is InChI=1S/C15H19N3OS2/c1-3-13(19)17-7-9-18(10-8-17)15-16-14-11(20-2)5-4-6-12(14)21-15/h4-6H,3,7-10H2,1-2H3. The lowest BCUT2D eigenvalue weighted by Crippen LogP contribution is -2.48. The van der Waals surface area contributed by atoms with Crippen molar-refractivity contribution in [3.63, 3.8) is 0 Å². The minimum atomic E-state index is 0.253. The number of nitrogens with zero attached hydrogens (tertiary/aromatic N) is 3. The molecule has 21 heavy (non-hydrogen) atoms. The zero-order valence-electron chi connectivity index (χ0n) is 12.3. The number of para-hydroxylation sites is 1. The summed E-state index contributed by atoms with van der Waals surface area (Å²) < 4.78 is 1.24. The molecule has 112 valence electrons. The minimum absolute atomic E-state index is 0.253. The van der Waals surface area contributed by atoms with E-state index in [9.17, 15) is 4.79 Å². The summed E-state index contributed by atoms with van der Waals surface area (Å²) in [5, 5.41) is 1.08. The molecule has 0 saturated carbocycles. The van der Waals surface area contributed by atoms with E-state index in [1.54, 1.807) is 23.1 Å². The predicted molar refractivity (Wildman–Crippen MR) is 90.5 cm³/mol. The van der Waals surface area contributed by atoms with E-state index in [0.717, 1.165) is 36.8 Å². The molecule has 4 nitrogen and oxygen atoms in total. The number of rotatable bonds is 3. The van der Waals surface area contributed by atoms with Gasteiger partial charge in [0.25, 0.3) is 0 Å². The van der Waals surface area contributed by atoms with Crippen LogP contribution in [0.3, 0.4) is 0 Å². The van der Waals surface area contributed by atoms with Crippen molar-refractivity contribution in [2.24, 2.45) is 0 Å². The average molecular weight is 321 g/mol. The molecule has 2 heterocycles. The van der Waals surface area contributed by atoms with E-state index in [2.05, 4.69) is 29.4 Å². The van der Waals surface area contributed by atoms with Gasteiger partial charge in [-0.25, -0.2) is 4.98 Å². The third kappa shape index (κ3) is 2.87. The largest absolute Gasteiger partial charge is 0.345 e. The van der Waals surface area contributed by atoms with Crippen LogP contribution in [0.25, 0.3) is 10.2 Å². The molecule has 0 spiro atoms. The topological polar surface area (TPSA) is 36.4 Å². The molecule has 0 bridgehead atoms. The molecule has 6 heteroatoms. The molecule has 3 rings (SSSR count). The van der Waals surface area contributed by atoms with Gasteiger partial charge in [-0.1, -0.05) is 24.3 Å². The number of aromatic nitrogens is 1. The minimum Gasteiger partial charge on any atom is -0.345 e. The van der Waals surface area contributed by atoms with Crippen LogP contribution in [0.4, 0.5) is 5.13 Å². The van der Waals surface area contributed by atoms with Gasteiger partial charge < -0.3 is 9.80 Å². The fourth-order valence-corrected chi connectivity index (χ4v) is 4.25. The van der Waals surface area contributed by atoms with Crippen molar-refractivity contribution in [3.8, 4) is 0 Å². The molecule has 2 aromatic rings. The Kier molecular flexibility index (Phi) is 4.35. The van der Waals surface area contributed by atoms with Crippen LogP contribution in [0.5, 0.6) is 0 Å². The van der Waals surface area contributed by atoms with Crippen molar-refractivity contribution in [1.82, 2.24) is 9.88 Å². The maximum atomic E-state index is 11.7. The van der Waals surface area contributed by atoms with Crippen LogP contribution in [0.15, 0.2) is 23.1 Å². The Morgan fingerprint density at radius 1 is 1.33 bits per heavy atom. The van der Waals surface area contributed by atoms with Crippen molar-refractivity contribution in [2.45, 2.75) is 18.2 Å². The summed E-state index contributed by atoms with van der Waals surface area (Å²) in [6.45, 7) is 5.28. The number of hydrogen-bond donors (Lipinski definition) is 0. The first-order valence-corrected chi connectivity index (χ1v) is 9.23. The Bertz CT molecular complexity index is 647. The molecule has 1 aliphatic rings. The maximum absolute atomic E-state index is 11.7. The Morgan fingerprint density at radius 2 is 2.10 bits per heavy atom. The number of benzene rings is 1. The highest BCUT2D eigenvalue weighted by Gasteiger charge is 2.22. The lowest BCUT2D eigenvalue weighted by Gasteiger charge is -2.34. The molecular weight excluding hydrogens is 302 g/mol. The summed E-state index contributed by atoms with van der Waals surface area (Å²) in [5.41, 5.74) is 1.11. The first kappa shape index (κ1) is 14.7. The Balaban J connectivity index is 1.78. The molecule has 1 aliphatic heterocycles. The van der Waals surface area contributed by atoms with E-state index in [4.69, 9.17) is 4.98 Å². The molecule has 1 saturated heterocycles. The summed E-state index contributed by atoms with van der Waals surface area (Å²) in [6, 6.07) is 6.34. The highest BCUT2D eigenvalue weighted by atomic mass is 32.2. The van der Waals surface area contributed by atoms with Crippen LogP contribution in [0.1, 0.15) is 13.3 Å². The second-order valence-electron chi connectivity index (χ2n) is 5.02. The number of amides is 1. The van der Waals surface area contributed by atoms with Crippen molar-refractivity contribution in [2.75, 3.05) is 37.3 Å². The van der Waals surface area contributed by atoms with Gasteiger partial charge in [0.2, 0.25) is 5.91 Å². The lowest BCUT2D eigenvalue weighted by molar-refractivity contribution is -0.131. The van der Waals surface area contributed by atoms with E-state index in [0.29, 0.717) is 6.42 Å². The molecule has 0 unspecified atom stereocenters. The normalized spacial score (nSPS) is 15.7. The number of piperazine rings is 1. The van der Waals surface area contributed by atoms with Gasteiger partial charge in [0.05, 0.1) is 10.2 Å². The summed E-state index contributed by atoms with van der Waals surface area (Å²) >= 11 is 3.49. The highest BCUT2D eigenvalue weighted by molar-refractivity contribution is 7.98. The van der Waals surface area contributed by atoms with E-state index >= 15 is 0 Å².